The minimum Gasteiger partial charge on any atom is -0.385 e. The molecule has 0 bridgehead atoms. The van der Waals surface area contributed by atoms with Crippen LogP contribution in [-0.4, -0.2) is 9.48 Å². The second-order valence-electron chi connectivity index (χ2n) is 2.56. The summed E-state index contributed by atoms with van der Waals surface area (Å²) in [4.78, 5) is 0.868. The van der Waals surface area contributed by atoms with Gasteiger partial charge in [-0.2, -0.15) is 4.37 Å². The van der Waals surface area contributed by atoms with Gasteiger partial charge in [-0.15, -0.1) is 0 Å². The van der Waals surface area contributed by atoms with E-state index in [1.165, 1.54) is 11.5 Å². The van der Waals surface area contributed by atoms with Crippen LogP contribution in [-0.2, 0) is 5.60 Å². The van der Waals surface area contributed by atoms with Gasteiger partial charge in [-0.25, -0.2) is 0 Å². The molecule has 1 aromatic rings. The van der Waals surface area contributed by atoms with Gasteiger partial charge in [0.2, 0.25) is 0 Å². The summed E-state index contributed by atoms with van der Waals surface area (Å²) in [5, 5.41) is 9.50. The first kappa shape index (κ1) is 8.17. The second kappa shape index (κ2) is 2.60. The molecule has 10 heavy (non-hydrogen) atoms. The maximum atomic E-state index is 9.50. The van der Waals surface area contributed by atoms with E-state index in [1.54, 1.807) is 20.0 Å². The first-order chi connectivity index (χ1) is 4.52. The minimum absolute atomic E-state index is 0.778. The molecule has 0 atom stereocenters. The zero-order chi connectivity index (χ0) is 7.78. The highest BCUT2D eigenvalue weighted by molar-refractivity contribution is 9.10. The molecule has 0 unspecified atom stereocenters. The van der Waals surface area contributed by atoms with Crippen LogP contribution in [0, 0.1) is 0 Å². The Morgan fingerprint density at radius 2 is 2.30 bits per heavy atom. The van der Waals surface area contributed by atoms with E-state index in [2.05, 4.69) is 20.3 Å². The third kappa shape index (κ3) is 1.56. The summed E-state index contributed by atoms with van der Waals surface area (Å²) in [6, 6.07) is 0. The van der Waals surface area contributed by atoms with Crippen LogP contribution in [0.15, 0.2) is 10.7 Å². The fourth-order valence-electron chi connectivity index (χ4n) is 0.631. The third-order valence-electron chi connectivity index (χ3n) is 1.08. The Hall–Kier alpha value is 0.0700. The molecular weight excluding hydrogens is 214 g/mol. The van der Waals surface area contributed by atoms with E-state index in [4.69, 9.17) is 0 Å². The van der Waals surface area contributed by atoms with Crippen molar-refractivity contribution in [2.24, 2.45) is 0 Å². The van der Waals surface area contributed by atoms with Gasteiger partial charge in [-0.05, 0) is 41.3 Å². The van der Waals surface area contributed by atoms with Crippen molar-refractivity contribution in [2.45, 2.75) is 19.4 Å². The van der Waals surface area contributed by atoms with Crippen molar-refractivity contribution >= 4 is 27.5 Å². The topological polar surface area (TPSA) is 33.1 Å². The van der Waals surface area contributed by atoms with E-state index in [1.807, 2.05) is 0 Å². The maximum Gasteiger partial charge on any atom is 0.0959 e. The first-order valence-electron chi connectivity index (χ1n) is 2.85. The van der Waals surface area contributed by atoms with Crippen molar-refractivity contribution in [2.75, 3.05) is 0 Å². The average Bonchev–Trinajstić information content (AvgIpc) is 2.11. The van der Waals surface area contributed by atoms with Crippen molar-refractivity contribution in [3.63, 3.8) is 0 Å². The Labute approximate surface area is 72.2 Å². The molecule has 0 aliphatic carbocycles. The summed E-state index contributed by atoms with van der Waals surface area (Å²) in [5.74, 6) is 0. The quantitative estimate of drug-likeness (QED) is 0.789. The highest BCUT2D eigenvalue weighted by Gasteiger charge is 2.20. The Morgan fingerprint density at radius 3 is 2.50 bits per heavy atom. The molecule has 0 amide bonds. The summed E-state index contributed by atoms with van der Waals surface area (Å²) >= 11 is 4.60. The molecule has 1 heterocycles. The van der Waals surface area contributed by atoms with Crippen molar-refractivity contribution in [1.82, 2.24) is 4.37 Å². The fourth-order valence-corrected chi connectivity index (χ4v) is 2.20. The van der Waals surface area contributed by atoms with E-state index >= 15 is 0 Å². The van der Waals surface area contributed by atoms with Crippen LogP contribution in [0.25, 0.3) is 0 Å². The van der Waals surface area contributed by atoms with Crippen molar-refractivity contribution in [3.8, 4) is 0 Å². The van der Waals surface area contributed by atoms with Gasteiger partial charge in [0.25, 0.3) is 0 Å². The van der Waals surface area contributed by atoms with Gasteiger partial charge in [0.05, 0.1) is 21.1 Å². The lowest BCUT2D eigenvalue weighted by atomic mass is 10.1. The Kier molecular flexibility index (Phi) is 2.12. The van der Waals surface area contributed by atoms with Gasteiger partial charge in [0, 0.05) is 0 Å². The molecule has 0 saturated carbocycles. The summed E-state index contributed by atoms with van der Waals surface area (Å²) in [6.45, 7) is 3.48. The normalized spacial score (nSPS) is 12.0. The predicted octanol–water partition coefficient (Wildman–Crippen LogP) is 2.13. The van der Waals surface area contributed by atoms with Gasteiger partial charge in [0.15, 0.2) is 0 Å². The number of aromatic nitrogens is 1. The Bertz CT molecular complexity index is 228. The van der Waals surface area contributed by atoms with Crippen LogP contribution in [0.2, 0.25) is 0 Å². The third-order valence-corrected chi connectivity index (χ3v) is 3.06. The highest BCUT2D eigenvalue weighted by atomic mass is 79.9. The molecule has 0 aromatic carbocycles. The molecule has 0 radical (unpaired) electrons. The van der Waals surface area contributed by atoms with Gasteiger partial charge < -0.3 is 5.11 Å². The van der Waals surface area contributed by atoms with Crippen LogP contribution in [0.5, 0.6) is 0 Å². The van der Waals surface area contributed by atoms with Crippen LogP contribution in [0.3, 0.4) is 0 Å². The van der Waals surface area contributed by atoms with Crippen molar-refractivity contribution in [1.29, 1.82) is 0 Å². The molecule has 0 fully saturated rings. The first-order valence-corrected chi connectivity index (χ1v) is 4.41. The SMILES string of the molecule is CC(C)(O)c1sncc1Br. The minimum atomic E-state index is -0.778. The van der Waals surface area contributed by atoms with Gasteiger partial charge in [-0.3, -0.25) is 0 Å². The van der Waals surface area contributed by atoms with Gasteiger partial charge in [0.1, 0.15) is 0 Å². The van der Waals surface area contributed by atoms with Crippen LogP contribution >= 0.6 is 27.5 Å². The van der Waals surface area contributed by atoms with Crippen LogP contribution < -0.4 is 0 Å². The lowest BCUT2D eigenvalue weighted by molar-refractivity contribution is 0.0818. The standard InChI is InChI=1S/C6H8BrNOS/c1-6(2,9)5-4(7)3-8-10-5/h3,9H,1-2H3. The summed E-state index contributed by atoms with van der Waals surface area (Å²) < 4.78 is 4.80. The van der Waals surface area contributed by atoms with E-state index in [-0.39, 0.29) is 0 Å². The van der Waals surface area contributed by atoms with E-state index in [0.717, 1.165) is 9.35 Å². The van der Waals surface area contributed by atoms with E-state index in [9.17, 15) is 5.11 Å². The second-order valence-corrected chi connectivity index (χ2v) is 4.22. The number of nitrogens with zero attached hydrogens (tertiary/aromatic N) is 1. The monoisotopic (exact) mass is 221 g/mol. The van der Waals surface area contributed by atoms with E-state index < -0.39 is 5.60 Å². The average molecular weight is 222 g/mol. The molecule has 0 saturated heterocycles. The molecular formula is C6H8BrNOS. The highest BCUT2D eigenvalue weighted by Crippen LogP contribution is 2.30. The molecule has 4 heteroatoms. The molecule has 1 rings (SSSR count). The lowest BCUT2D eigenvalue weighted by Gasteiger charge is -2.14. The zero-order valence-electron chi connectivity index (χ0n) is 5.76. The van der Waals surface area contributed by atoms with Crippen LogP contribution in [0.4, 0.5) is 0 Å². The summed E-state index contributed by atoms with van der Waals surface area (Å²) in [5.41, 5.74) is -0.778. The van der Waals surface area contributed by atoms with E-state index in [0.29, 0.717) is 0 Å². The number of halogens is 1. The predicted molar refractivity (Wildman–Crippen MR) is 45.1 cm³/mol. The molecule has 1 N–H and O–H groups in total. The van der Waals surface area contributed by atoms with Crippen LogP contribution in [0.1, 0.15) is 18.7 Å². The smallest absolute Gasteiger partial charge is 0.0959 e. The Morgan fingerprint density at radius 1 is 1.70 bits per heavy atom. The Balaban J connectivity index is 3.05. The number of aliphatic hydroxyl groups is 1. The fraction of sp³-hybridized carbons (Fsp3) is 0.500. The number of rotatable bonds is 1. The lowest BCUT2D eigenvalue weighted by Crippen LogP contribution is -2.13. The molecule has 1 aromatic heterocycles. The van der Waals surface area contributed by atoms with Gasteiger partial charge >= 0.3 is 0 Å². The zero-order valence-corrected chi connectivity index (χ0v) is 8.16. The number of hydrogen-bond acceptors (Lipinski definition) is 3. The van der Waals surface area contributed by atoms with Crippen molar-refractivity contribution in [3.05, 3.63) is 15.5 Å². The van der Waals surface area contributed by atoms with Gasteiger partial charge in [-0.1, -0.05) is 0 Å². The van der Waals surface area contributed by atoms with Crippen molar-refractivity contribution < 1.29 is 5.11 Å². The number of hydrogen-bond donors (Lipinski definition) is 1. The maximum absolute atomic E-state index is 9.50. The molecule has 0 aliphatic rings. The summed E-state index contributed by atoms with van der Waals surface area (Å²) in [6.07, 6.45) is 1.69. The largest absolute Gasteiger partial charge is 0.385 e. The summed E-state index contributed by atoms with van der Waals surface area (Å²) in [7, 11) is 0. The molecule has 0 aliphatic heterocycles. The molecule has 56 valence electrons. The molecule has 0 spiro atoms. The molecule has 2 nitrogen and oxygen atoms in total.